The Morgan fingerprint density at radius 3 is 2.11 bits per heavy atom. The minimum atomic E-state index is -0.656. The van der Waals surface area contributed by atoms with Crippen LogP contribution in [0.1, 0.15) is 49.1 Å². The van der Waals surface area contributed by atoms with E-state index in [0.29, 0.717) is 11.5 Å². The number of methoxy groups -OCH3 is 1. The van der Waals surface area contributed by atoms with Gasteiger partial charge in [-0.25, -0.2) is 4.79 Å². The number of rotatable bonds is 6. The van der Waals surface area contributed by atoms with Crippen molar-refractivity contribution < 1.29 is 23.9 Å². The van der Waals surface area contributed by atoms with Gasteiger partial charge in [0.2, 0.25) is 0 Å². The molecule has 2 heterocycles. The van der Waals surface area contributed by atoms with E-state index in [2.05, 4.69) is 9.88 Å². The van der Waals surface area contributed by atoms with E-state index in [9.17, 15) is 14.4 Å². The molecular weight excluding hydrogens is 482 g/mol. The highest BCUT2D eigenvalue weighted by Crippen LogP contribution is 2.29. The second-order valence-corrected chi connectivity index (χ2v) is 9.72. The highest BCUT2D eigenvalue weighted by atomic mass is 16.5. The molecule has 3 aromatic rings. The third-order valence-electron chi connectivity index (χ3n) is 7.23. The fourth-order valence-electron chi connectivity index (χ4n) is 5.27. The third-order valence-corrected chi connectivity index (χ3v) is 7.23. The van der Waals surface area contributed by atoms with E-state index < -0.39 is 17.8 Å². The van der Waals surface area contributed by atoms with Gasteiger partial charge in [-0.05, 0) is 92.9 Å². The van der Waals surface area contributed by atoms with Crippen LogP contribution in [0.4, 0.5) is 4.79 Å². The van der Waals surface area contributed by atoms with Crippen LogP contribution < -0.4 is 14.8 Å². The average Bonchev–Trinajstić information content (AvgIpc) is 3.20. The molecule has 1 N–H and O–H groups in total. The molecule has 0 spiro atoms. The predicted molar refractivity (Wildman–Crippen MR) is 144 cm³/mol. The second-order valence-electron chi connectivity index (χ2n) is 9.72. The van der Waals surface area contributed by atoms with Gasteiger partial charge in [0.05, 0.1) is 7.11 Å². The number of imide groups is 2. The highest BCUT2D eigenvalue weighted by molar-refractivity contribution is 6.31. The SMILES string of the molecule is COc1ccc(Oc2ccc(-n3c(C)cc(/C=C4\C(=O)NC(=O)N(C5CCCCC5)C4=O)c3C)cc2)cc1. The van der Waals surface area contributed by atoms with Crippen molar-refractivity contribution in [2.75, 3.05) is 7.11 Å². The van der Waals surface area contributed by atoms with Gasteiger partial charge in [-0.15, -0.1) is 0 Å². The first-order valence-corrected chi connectivity index (χ1v) is 12.9. The molecule has 0 radical (unpaired) electrons. The van der Waals surface area contributed by atoms with E-state index in [-0.39, 0.29) is 11.6 Å². The van der Waals surface area contributed by atoms with E-state index >= 15 is 0 Å². The van der Waals surface area contributed by atoms with E-state index in [4.69, 9.17) is 9.47 Å². The molecule has 5 rings (SSSR count). The topological polar surface area (TPSA) is 89.9 Å². The van der Waals surface area contributed by atoms with E-state index in [1.54, 1.807) is 13.2 Å². The first-order valence-electron chi connectivity index (χ1n) is 12.9. The van der Waals surface area contributed by atoms with Crippen molar-refractivity contribution in [3.63, 3.8) is 0 Å². The van der Waals surface area contributed by atoms with Crippen molar-refractivity contribution in [3.8, 4) is 22.9 Å². The van der Waals surface area contributed by atoms with Crippen LogP contribution >= 0.6 is 0 Å². The summed E-state index contributed by atoms with van der Waals surface area (Å²) in [7, 11) is 1.62. The zero-order chi connectivity index (χ0) is 26.8. The second kappa shape index (κ2) is 10.6. The number of hydrogen-bond acceptors (Lipinski definition) is 5. The Balaban J connectivity index is 1.39. The average molecular weight is 514 g/mol. The molecule has 2 fully saturated rings. The Hall–Kier alpha value is -4.33. The van der Waals surface area contributed by atoms with Gasteiger partial charge < -0.3 is 14.0 Å². The van der Waals surface area contributed by atoms with Crippen LogP contribution in [0.3, 0.4) is 0 Å². The zero-order valence-corrected chi connectivity index (χ0v) is 21.8. The van der Waals surface area contributed by atoms with Crippen LogP contribution in [0.25, 0.3) is 11.8 Å². The number of carbonyl (C=O) groups is 3. The molecule has 38 heavy (non-hydrogen) atoms. The first kappa shape index (κ1) is 25.3. The zero-order valence-electron chi connectivity index (χ0n) is 21.8. The van der Waals surface area contributed by atoms with Gasteiger partial charge in [-0.3, -0.25) is 19.8 Å². The Bertz CT molecular complexity index is 1400. The molecule has 196 valence electrons. The standard InChI is InChI=1S/C30H31N3O5/c1-19-17-21(18-27-28(34)31-30(36)33(29(27)35)22-7-5-4-6-8-22)20(2)32(19)23-9-11-25(12-10-23)38-26-15-13-24(37-3)14-16-26/h9-18,22H,4-8H2,1-3H3,(H,31,34,36)/b27-18+. The van der Waals surface area contributed by atoms with Crippen molar-refractivity contribution in [1.29, 1.82) is 0 Å². The number of aromatic nitrogens is 1. The normalized spacial score (nSPS) is 17.6. The van der Waals surface area contributed by atoms with E-state index in [0.717, 1.165) is 60.5 Å². The molecule has 0 atom stereocenters. The maximum atomic E-state index is 13.3. The summed E-state index contributed by atoms with van der Waals surface area (Å²) in [4.78, 5) is 39.7. The summed E-state index contributed by atoms with van der Waals surface area (Å²) >= 11 is 0. The summed E-state index contributed by atoms with van der Waals surface area (Å²) in [5.41, 5.74) is 3.48. The summed E-state index contributed by atoms with van der Waals surface area (Å²) in [6, 6.07) is 16.2. The van der Waals surface area contributed by atoms with E-state index in [1.807, 2.05) is 68.4 Å². The molecule has 1 aliphatic heterocycles. The van der Waals surface area contributed by atoms with Crippen LogP contribution in [0, 0.1) is 13.8 Å². The number of benzene rings is 2. The molecule has 2 aliphatic rings. The number of nitrogens with zero attached hydrogens (tertiary/aromatic N) is 2. The van der Waals surface area contributed by atoms with Crippen molar-refractivity contribution in [2.24, 2.45) is 0 Å². The number of nitrogens with one attached hydrogen (secondary N) is 1. The Labute approximate surface area is 221 Å². The monoisotopic (exact) mass is 513 g/mol. The quantitative estimate of drug-likeness (QED) is 0.338. The van der Waals surface area contributed by atoms with Crippen molar-refractivity contribution in [2.45, 2.75) is 52.0 Å². The van der Waals surface area contributed by atoms with Crippen LogP contribution in [0.5, 0.6) is 17.2 Å². The number of urea groups is 1. The van der Waals surface area contributed by atoms with Gasteiger partial charge in [0.1, 0.15) is 22.8 Å². The summed E-state index contributed by atoms with van der Waals surface area (Å²) in [5, 5.41) is 2.36. The summed E-state index contributed by atoms with van der Waals surface area (Å²) < 4.78 is 13.2. The largest absolute Gasteiger partial charge is 0.497 e. The third kappa shape index (κ3) is 4.94. The number of hydrogen-bond donors (Lipinski definition) is 1. The maximum Gasteiger partial charge on any atom is 0.331 e. The highest BCUT2D eigenvalue weighted by Gasteiger charge is 2.40. The molecule has 4 amide bonds. The molecule has 1 saturated carbocycles. The molecule has 1 aromatic heterocycles. The molecule has 1 saturated heterocycles. The molecule has 8 heteroatoms. The lowest BCUT2D eigenvalue weighted by Gasteiger charge is -2.35. The van der Waals surface area contributed by atoms with Gasteiger partial charge in [-0.1, -0.05) is 19.3 Å². The molecule has 0 bridgehead atoms. The predicted octanol–water partition coefficient (Wildman–Crippen LogP) is 5.69. The lowest BCUT2D eigenvalue weighted by Crippen LogP contribution is -2.58. The lowest BCUT2D eigenvalue weighted by molar-refractivity contribution is -0.132. The van der Waals surface area contributed by atoms with Crippen molar-refractivity contribution in [1.82, 2.24) is 14.8 Å². The number of carbonyl (C=O) groups excluding carboxylic acids is 3. The van der Waals surface area contributed by atoms with E-state index in [1.165, 1.54) is 4.90 Å². The van der Waals surface area contributed by atoms with Gasteiger partial charge in [0.25, 0.3) is 11.8 Å². The lowest BCUT2D eigenvalue weighted by atomic mass is 9.93. The van der Waals surface area contributed by atoms with Crippen LogP contribution in [0.2, 0.25) is 0 Å². The van der Waals surface area contributed by atoms with Crippen LogP contribution in [-0.4, -0.2) is 40.5 Å². The molecular formula is C30H31N3O5. The van der Waals surface area contributed by atoms with Crippen LogP contribution in [-0.2, 0) is 9.59 Å². The first-order chi connectivity index (χ1) is 18.4. The fraction of sp³-hybridized carbons (Fsp3) is 0.300. The number of aryl methyl sites for hydroxylation is 1. The van der Waals surface area contributed by atoms with Crippen molar-refractivity contribution >= 4 is 23.9 Å². The minimum Gasteiger partial charge on any atom is -0.497 e. The molecule has 2 aromatic carbocycles. The Morgan fingerprint density at radius 2 is 1.47 bits per heavy atom. The Kier molecular flexibility index (Phi) is 7.05. The summed E-state index contributed by atoms with van der Waals surface area (Å²) in [6.45, 7) is 3.91. The Morgan fingerprint density at radius 1 is 0.868 bits per heavy atom. The summed E-state index contributed by atoms with van der Waals surface area (Å²) in [6.07, 6.45) is 6.18. The van der Waals surface area contributed by atoms with Crippen LogP contribution in [0.15, 0.2) is 60.2 Å². The number of ether oxygens (including phenoxy) is 2. The summed E-state index contributed by atoms with van der Waals surface area (Å²) in [5.74, 6) is 0.989. The number of barbiturate groups is 1. The van der Waals surface area contributed by atoms with Gasteiger partial charge in [0.15, 0.2) is 0 Å². The smallest absolute Gasteiger partial charge is 0.331 e. The van der Waals surface area contributed by atoms with Gasteiger partial charge in [0, 0.05) is 23.1 Å². The van der Waals surface area contributed by atoms with Gasteiger partial charge in [-0.2, -0.15) is 0 Å². The molecule has 1 aliphatic carbocycles. The van der Waals surface area contributed by atoms with Crippen molar-refractivity contribution in [3.05, 3.63) is 77.1 Å². The fourth-order valence-corrected chi connectivity index (χ4v) is 5.27. The number of amides is 4. The molecule has 0 unspecified atom stereocenters. The molecule has 8 nitrogen and oxygen atoms in total. The minimum absolute atomic E-state index is 0.0151. The van der Waals surface area contributed by atoms with Gasteiger partial charge >= 0.3 is 6.03 Å². The maximum absolute atomic E-state index is 13.3.